The van der Waals surface area contributed by atoms with Crippen LogP contribution in [0.4, 0.5) is 10.6 Å². The number of rotatable bonds is 7. The van der Waals surface area contributed by atoms with Gasteiger partial charge < -0.3 is 34.2 Å². The smallest absolute Gasteiger partial charge is 0.468 e. The van der Waals surface area contributed by atoms with E-state index in [1.165, 1.54) is 13.4 Å². The van der Waals surface area contributed by atoms with Gasteiger partial charge in [0.25, 0.3) is 0 Å². The molecule has 4 heterocycles. The van der Waals surface area contributed by atoms with Crippen LogP contribution in [0.3, 0.4) is 0 Å². The number of hydrogen-bond donors (Lipinski definition) is 1. The molecule has 2 aliphatic rings. The van der Waals surface area contributed by atoms with E-state index in [0.717, 1.165) is 0 Å². The molecule has 0 spiro atoms. The van der Waals surface area contributed by atoms with Crippen molar-refractivity contribution in [3.8, 4) is 0 Å². The molecule has 0 amide bonds. The van der Waals surface area contributed by atoms with E-state index >= 15 is 0 Å². The van der Waals surface area contributed by atoms with Crippen LogP contribution in [0.15, 0.2) is 18.5 Å². The first kappa shape index (κ1) is 25.1. The highest BCUT2D eigenvalue weighted by atomic mass is 16.8. The molecule has 0 aliphatic carbocycles. The van der Waals surface area contributed by atoms with Crippen molar-refractivity contribution in [2.75, 3.05) is 33.5 Å². The third kappa shape index (κ3) is 4.89. The number of fused-ring (bicyclic) bond motifs is 2. The second kappa shape index (κ2) is 9.57. The van der Waals surface area contributed by atoms with E-state index in [1.807, 2.05) is 6.07 Å². The molecule has 192 valence electrons. The number of likely N-dealkylation sites (N-methyl/N-ethyl adjacent to an activating group) is 1. The van der Waals surface area contributed by atoms with E-state index < -0.39 is 54.5 Å². The van der Waals surface area contributed by atoms with Crippen molar-refractivity contribution < 1.29 is 38.0 Å². The van der Waals surface area contributed by atoms with Crippen LogP contribution in [0.5, 0.6) is 0 Å². The molecule has 0 saturated carbocycles. The van der Waals surface area contributed by atoms with Gasteiger partial charge in [0, 0.05) is 0 Å². The highest BCUT2D eigenvalue weighted by Crippen LogP contribution is 2.45. The number of hydrogen-bond acceptors (Lipinski definition) is 12. The van der Waals surface area contributed by atoms with Gasteiger partial charge >= 0.3 is 12.1 Å². The highest BCUT2D eigenvalue weighted by Gasteiger charge is 2.56. The molecular weight excluding hydrogens is 462 g/mol. The van der Waals surface area contributed by atoms with Gasteiger partial charge in [0.05, 0.1) is 12.8 Å². The minimum atomic E-state index is -0.941. The molecule has 6 atom stereocenters. The first-order valence-electron chi connectivity index (χ1n) is 11.2. The van der Waals surface area contributed by atoms with Gasteiger partial charge in [0.15, 0.2) is 11.6 Å². The number of esters is 1. The second-order valence-electron chi connectivity index (χ2n) is 9.18. The SMILES string of the molecule is COC(=O)[C@H]([C@@H](C)OC(=O)OC[C@H]1O[C@@H](c2ccc3c(N)ncnn23)[C@@H]2OC(C)(C)O[C@@H]21)N(C)C. The van der Waals surface area contributed by atoms with E-state index in [4.69, 9.17) is 34.2 Å². The Morgan fingerprint density at radius 3 is 2.66 bits per heavy atom. The summed E-state index contributed by atoms with van der Waals surface area (Å²) >= 11 is 0. The molecule has 13 heteroatoms. The molecule has 2 fully saturated rings. The summed E-state index contributed by atoms with van der Waals surface area (Å²) in [7, 11) is 4.64. The lowest BCUT2D eigenvalue weighted by atomic mass is 10.1. The van der Waals surface area contributed by atoms with Crippen LogP contribution >= 0.6 is 0 Å². The summed E-state index contributed by atoms with van der Waals surface area (Å²) < 4.78 is 35.5. The molecule has 4 rings (SSSR count). The Labute approximate surface area is 202 Å². The predicted molar refractivity (Wildman–Crippen MR) is 120 cm³/mol. The normalized spacial score (nSPS) is 26.9. The lowest BCUT2D eigenvalue weighted by Crippen LogP contribution is -2.46. The van der Waals surface area contributed by atoms with Gasteiger partial charge in [0.2, 0.25) is 0 Å². The maximum absolute atomic E-state index is 12.4. The molecule has 0 aromatic carbocycles. The quantitative estimate of drug-likeness (QED) is 0.546. The Balaban J connectivity index is 1.46. The summed E-state index contributed by atoms with van der Waals surface area (Å²) in [4.78, 5) is 30.0. The lowest BCUT2D eigenvalue weighted by Gasteiger charge is -2.27. The van der Waals surface area contributed by atoms with Crippen molar-refractivity contribution in [1.29, 1.82) is 0 Å². The summed E-state index contributed by atoms with van der Waals surface area (Å²) in [6.45, 7) is 5.05. The van der Waals surface area contributed by atoms with Crippen molar-refractivity contribution in [1.82, 2.24) is 19.5 Å². The Kier molecular flexibility index (Phi) is 6.86. The molecule has 35 heavy (non-hydrogen) atoms. The van der Waals surface area contributed by atoms with Crippen molar-refractivity contribution >= 4 is 23.5 Å². The average molecular weight is 494 g/mol. The third-order valence-corrected chi connectivity index (χ3v) is 6.04. The van der Waals surface area contributed by atoms with Crippen molar-refractivity contribution in [3.05, 3.63) is 24.2 Å². The minimum absolute atomic E-state index is 0.145. The highest BCUT2D eigenvalue weighted by molar-refractivity contribution is 5.76. The lowest BCUT2D eigenvalue weighted by molar-refractivity contribution is -0.192. The zero-order valence-corrected chi connectivity index (χ0v) is 20.5. The third-order valence-electron chi connectivity index (χ3n) is 6.04. The predicted octanol–water partition coefficient (Wildman–Crippen LogP) is 0.916. The van der Waals surface area contributed by atoms with Gasteiger partial charge in [-0.15, -0.1) is 0 Å². The standard InChI is InChI=1S/C22H31N5O8/c1-11(15(26(4)5)20(28)30-6)32-21(29)31-9-14-17-18(35-22(2,3)34-17)16(33-14)12-7-8-13-19(23)24-10-25-27(12)13/h7-8,10-11,14-18H,9H2,1-6H3,(H2,23,24,25)/t11-,14-,15+,16+,17-,18+/m1/s1. The largest absolute Gasteiger partial charge is 0.508 e. The Morgan fingerprint density at radius 1 is 1.26 bits per heavy atom. The first-order valence-corrected chi connectivity index (χ1v) is 11.2. The molecule has 2 aromatic rings. The summed E-state index contributed by atoms with van der Waals surface area (Å²) in [6, 6.07) is 2.85. The van der Waals surface area contributed by atoms with E-state index in [1.54, 1.807) is 50.3 Å². The number of methoxy groups -OCH3 is 1. The van der Waals surface area contributed by atoms with Crippen LogP contribution in [0.25, 0.3) is 5.52 Å². The van der Waals surface area contributed by atoms with Gasteiger partial charge in [-0.1, -0.05) is 0 Å². The first-order chi connectivity index (χ1) is 16.5. The number of ether oxygens (including phenoxy) is 6. The molecular formula is C22H31N5O8. The van der Waals surface area contributed by atoms with Crippen molar-refractivity contribution in [2.45, 2.75) is 63.1 Å². The Morgan fingerprint density at radius 2 is 1.97 bits per heavy atom. The van der Waals surface area contributed by atoms with E-state index in [2.05, 4.69) is 10.1 Å². The van der Waals surface area contributed by atoms with Crippen LogP contribution < -0.4 is 5.73 Å². The molecule has 0 radical (unpaired) electrons. The number of carbonyl (C=O) groups is 2. The molecule has 0 unspecified atom stereocenters. The number of anilines is 1. The topological polar surface area (TPSA) is 149 Å². The number of nitrogens with zero attached hydrogens (tertiary/aromatic N) is 4. The number of aromatic nitrogens is 3. The fraction of sp³-hybridized carbons (Fsp3) is 0.636. The van der Waals surface area contributed by atoms with Gasteiger partial charge in [-0.2, -0.15) is 5.10 Å². The second-order valence-corrected chi connectivity index (χ2v) is 9.18. The molecule has 2 aromatic heterocycles. The summed E-state index contributed by atoms with van der Waals surface area (Å²) in [5.41, 5.74) is 7.30. The Bertz CT molecular complexity index is 1090. The van der Waals surface area contributed by atoms with E-state index in [0.29, 0.717) is 17.0 Å². The molecule has 0 bridgehead atoms. The monoisotopic (exact) mass is 493 g/mol. The van der Waals surface area contributed by atoms with Gasteiger partial charge in [-0.3, -0.25) is 9.69 Å². The Hall–Kier alpha value is -3.00. The van der Waals surface area contributed by atoms with Crippen LogP contribution in [0.1, 0.15) is 32.6 Å². The maximum atomic E-state index is 12.4. The minimum Gasteiger partial charge on any atom is -0.468 e. The summed E-state index contributed by atoms with van der Waals surface area (Å²) in [5.74, 6) is -1.04. The van der Waals surface area contributed by atoms with Crippen LogP contribution in [0, 0.1) is 0 Å². The zero-order chi connectivity index (χ0) is 25.5. The molecule has 2 saturated heterocycles. The zero-order valence-electron chi connectivity index (χ0n) is 20.5. The van der Waals surface area contributed by atoms with Crippen molar-refractivity contribution in [2.24, 2.45) is 0 Å². The summed E-state index contributed by atoms with van der Waals surface area (Å²) in [5, 5.41) is 4.28. The van der Waals surface area contributed by atoms with E-state index in [9.17, 15) is 9.59 Å². The van der Waals surface area contributed by atoms with Gasteiger partial charge in [-0.25, -0.2) is 14.3 Å². The molecule has 13 nitrogen and oxygen atoms in total. The van der Waals surface area contributed by atoms with Crippen LogP contribution in [0.2, 0.25) is 0 Å². The number of nitrogen functional groups attached to an aromatic ring is 1. The average Bonchev–Trinajstić information content (AvgIpc) is 3.43. The maximum Gasteiger partial charge on any atom is 0.508 e. The summed E-state index contributed by atoms with van der Waals surface area (Å²) in [6.07, 6.45) is -2.55. The van der Waals surface area contributed by atoms with Crippen molar-refractivity contribution in [3.63, 3.8) is 0 Å². The van der Waals surface area contributed by atoms with Crippen LogP contribution in [-0.2, 0) is 33.2 Å². The van der Waals surface area contributed by atoms with E-state index in [-0.39, 0.29) is 6.61 Å². The number of carbonyl (C=O) groups excluding carboxylic acids is 2. The number of nitrogens with two attached hydrogens (primary N) is 1. The molecule has 2 aliphatic heterocycles. The van der Waals surface area contributed by atoms with Crippen LogP contribution in [-0.4, -0.2) is 95.7 Å². The van der Waals surface area contributed by atoms with Gasteiger partial charge in [0.1, 0.15) is 55.0 Å². The fourth-order valence-corrected chi connectivity index (χ4v) is 4.59. The molecule has 2 N–H and O–H groups in total. The van der Waals surface area contributed by atoms with Gasteiger partial charge in [-0.05, 0) is 47.0 Å². The fourth-order valence-electron chi connectivity index (χ4n) is 4.59.